The van der Waals surface area contributed by atoms with Crippen molar-refractivity contribution in [2.45, 2.75) is 86.1 Å². The summed E-state index contributed by atoms with van der Waals surface area (Å²) in [4.78, 5) is 4.56. The molecule has 4 heteroatoms. The molecule has 0 spiro atoms. The fraction of sp³-hybridized carbons (Fsp3) is 0.364. The molecule has 3 aromatic rings. The Balaban J connectivity index is 1.91. The van der Waals surface area contributed by atoms with Crippen LogP contribution < -0.4 is 10.2 Å². The van der Waals surface area contributed by atoms with Gasteiger partial charge in [0.15, 0.2) is 0 Å². The zero-order valence-corrected chi connectivity index (χ0v) is 31.3. The van der Waals surface area contributed by atoms with Crippen molar-refractivity contribution in [3.05, 3.63) is 139 Å². The molecule has 0 aliphatic carbocycles. The van der Waals surface area contributed by atoms with Gasteiger partial charge in [-0.15, -0.1) is 0 Å². The van der Waals surface area contributed by atoms with Crippen LogP contribution in [0.15, 0.2) is 133 Å². The standard InChI is InChI=1S/C44H59N3O/c1-14-34(6)48-35(7)28-32(4)24-25-33(5)43(46(12)30-31(2)3)36(8)47(13)42-23-19-18-22-41(42)45-40-27-26-38(29-39(40)44(9,10)11)37-20-16-15-17-21-37/h15-23,26-30,33,43,45H,4,6,8,14,24-25H2,1-3,5,7,9-13H3/b35-28+. The number of para-hydroxylation sites is 2. The smallest absolute Gasteiger partial charge is 0.101 e. The molecule has 0 amide bonds. The van der Waals surface area contributed by atoms with E-state index in [0.29, 0.717) is 5.92 Å². The van der Waals surface area contributed by atoms with Gasteiger partial charge in [0.1, 0.15) is 5.76 Å². The van der Waals surface area contributed by atoms with E-state index in [2.05, 4.69) is 163 Å². The van der Waals surface area contributed by atoms with E-state index in [9.17, 15) is 0 Å². The maximum absolute atomic E-state index is 5.79. The van der Waals surface area contributed by atoms with Gasteiger partial charge in [-0.25, -0.2) is 0 Å². The highest BCUT2D eigenvalue weighted by Crippen LogP contribution is 2.38. The first kappa shape index (κ1) is 38.0. The lowest BCUT2D eigenvalue weighted by Gasteiger charge is -2.39. The fourth-order valence-corrected chi connectivity index (χ4v) is 6.17. The third-order valence-corrected chi connectivity index (χ3v) is 8.71. The minimum Gasteiger partial charge on any atom is -0.467 e. The van der Waals surface area contributed by atoms with E-state index >= 15 is 0 Å². The average molecular weight is 646 g/mol. The van der Waals surface area contributed by atoms with Crippen LogP contribution >= 0.6 is 0 Å². The molecule has 48 heavy (non-hydrogen) atoms. The van der Waals surface area contributed by atoms with Crippen LogP contribution in [-0.2, 0) is 10.2 Å². The first-order valence-corrected chi connectivity index (χ1v) is 17.2. The van der Waals surface area contributed by atoms with Gasteiger partial charge in [0.05, 0.1) is 23.2 Å². The molecule has 0 radical (unpaired) electrons. The number of hydrogen-bond donors (Lipinski definition) is 1. The number of ether oxygens (including phenoxy) is 1. The molecule has 0 aromatic heterocycles. The molecule has 0 fully saturated rings. The predicted octanol–water partition coefficient (Wildman–Crippen LogP) is 12.4. The Hall–Kier alpha value is -4.44. The van der Waals surface area contributed by atoms with Crippen molar-refractivity contribution >= 4 is 17.1 Å². The first-order chi connectivity index (χ1) is 22.6. The molecule has 4 nitrogen and oxygen atoms in total. The number of anilines is 3. The van der Waals surface area contributed by atoms with Gasteiger partial charge in [0, 0.05) is 31.9 Å². The topological polar surface area (TPSA) is 27.7 Å². The SMILES string of the molecule is C=C(/C=C(\C)OC(=C)CC)CCC(C)C(C(=C)N(C)c1ccccc1Nc1ccc(-c2ccccc2)cc1C(C)(C)C)N(C)C=C(C)C. The Kier molecular flexibility index (Phi) is 13.5. The van der Waals surface area contributed by atoms with Crippen LogP contribution in [-0.4, -0.2) is 25.0 Å². The maximum atomic E-state index is 5.79. The second-order valence-corrected chi connectivity index (χ2v) is 14.3. The Bertz CT molecular complexity index is 1620. The van der Waals surface area contributed by atoms with Crippen molar-refractivity contribution in [3.8, 4) is 11.1 Å². The first-order valence-electron chi connectivity index (χ1n) is 17.2. The number of nitrogens with one attached hydrogen (secondary N) is 1. The molecule has 256 valence electrons. The quantitative estimate of drug-likeness (QED) is 0.124. The molecule has 0 aliphatic rings. The van der Waals surface area contributed by atoms with Gasteiger partial charge in [-0.3, -0.25) is 0 Å². The van der Waals surface area contributed by atoms with E-state index in [0.717, 1.165) is 59.1 Å². The van der Waals surface area contributed by atoms with Crippen LogP contribution in [0.1, 0.15) is 80.2 Å². The molecule has 0 aliphatic heterocycles. The number of benzene rings is 3. The second kappa shape index (κ2) is 17.1. The van der Waals surface area contributed by atoms with Gasteiger partial charge in [-0.05, 0) is 98.2 Å². The van der Waals surface area contributed by atoms with Crippen LogP contribution in [0.25, 0.3) is 11.1 Å². The second-order valence-electron chi connectivity index (χ2n) is 14.3. The van der Waals surface area contributed by atoms with Gasteiger partial charge in [-0.1, -0.05) is 114 Å². The third-order valence-electron chi connectivity index (χ3n) is 8.71. The van der Waals surface area contributed by atoms with E-state index in [-0.39, 0.29) is 11.5 Å². The van der Waals surface area contributed by atoms with E-state index in [1.165, 1.54) is 22.3 Å². The van der Waals surface area contributed by atoms with Gasteiger partial charge in [0.2, 0.25) is 0 Å². The summed E-state index contributed by atoms with van der Waals surface area (Å²) in [5, 5.41) is 3.82. The zero-order valence-electron chi connectivity index (χ0n) is 31.3. The summed E-state index contributed by atoms with van der Waals surface area (Å²) in [5.74, 6) is 1.90. The normalized spacial score (nSPS) is 12.8. The predicted molar refractivity (Wildman–Crippen MR) is 211 cm³/mol. The molecule has 2 unspecified atom stereocenters. The van der Waals surface area contributed by atoms with Crippen molar-refractivity contribution < 1.29 is 4.74 Å². The highest BCUT2D eigenvalue weighted by atomic mass is 16.5. The summed E-state index contributed by atoms with van der Waals surface area (Å²) in [6.07, 6.45) is 6.86. The molecule has 0 heterocycles. The van der Waals surface area contributed by atoms with Crippen LogP contribution in [0, 0.1) is 5.92 Å². The summed E-state index contributed by atoms with van der Waals surface area (Å²) in [6.45, 7) is 30.4. The molecule has 0 saturated carbocycles. The highest BCUT2D eigenvalue weighted by molar-refractivity contribution is 5.79. The number of likely N-dealkylation sites (N-methyl/N-ethyl adjacent to an activating group) is 2. The fourth-order valence-electron chi connectivity index (χ4n) is 6.17. The third kappa shape index (κ3) is 10.5. The van der Waals surface area contributed by atoms with Crippen molar-refractivity contribution in [2.24, 2.45) is 5.92 Å². The maximum Gasteiger partial charge on any atom is 0.101 e. The van der Waals surface area contributed by atoms with E-state index in [1.54, 1.807) is 0 Å². The molecular weight excluding hydrogens is 587 g/mol. The number of hydrogen-bond acceptors (Lipinski definition) is 4. The summed E-state index contributed by atoms with van der Waals surface area (Å²) in [6, 6.07) is 25.9. The van der Waals surface area contributed by atoms with Crippen LogP contribution in [0.3, 0.4) is 0 Å². The van der Waals surface area contributed by atoms with E-state index < -0.39 is 0 Å². The van der Waals surface area contributed by atoms with E-state index in [1.807, 2.05) is 19.9 Å². The van der Waals surface area contributed by atoms with Gasteiger partial charge in [-0.2, -0.15) is 0 Å². The monoisotopic (exact) mass is 645 g/mol. The van der Waals surface area contributed by atoms with Gasteiger partial charge >= 0.3 is 0 Å². The Morgan fingerprint density at radius 2 is 1.52 bits per heavy atom. The zero-order chi connectivity index (χ0) is 35.6. The molecule has 3 aromatic carbocycles. The lowest BCUT2D eigenvalue weighted by Crippen LogP contribution is -2.40. The Morgan fingerprint density at radius 3 is 2.15 bits per heavy atom. The molecule has 0 saturated heterocycles. The van der Waals surface area contributed by atoms with Crippen LogP contribution in [0.4, 0.5) is 17.1 Å². The molecular formula is C44H59N3O. The van der Waals surface area contributed by atoms with Gasteiger partial charge in [0.25, 0.3) is 0 Å². The Labute approximate surface area is 292 Å². The summed E-state index contributed by atoms with van der Waals surface area (Å²) in [7, 11) is 4.29. The van der Waals surface area contributed by atoms with Crippen molar-refractivity contribution in [2.75, 3.05) is 24.3 Å². The van der Waals surface area contributed by atoms with Crippen LogP contribution in [0.2, 0.25) is 0 Å². The number of nitrogens with zero attached hydrogens (tertiary/aromatic N) is 2. The van der Waals surface area contributed by atoms with Crippen molar-refractivity contribution in [1.82, 2.24) is 4.90 Å². The summed E-state index contributed by atoms with van der Waals surface area (Å²) in [5.41, 5.74) is 10.2. The minimum absolute atomic E-state index is 0.0566. The van der Waals surface area contributed by atoms with Crippen molar-refractivity contribution in [1.29, 1.82) is 0 Å². The summed E-state index contributed by atoms with van der Waals surface area (Å²) < 4.78 is 5.79. The lowest BCUT2D eigenvalue weighted by atomic mass is 9.84. The summed E-state index contributed by atoms with van der Waals surface area (Å²) >= 11 is 0. The lowest BCUT2D eigenvalue weighted by molar-refractivity contribution is 0.267. The van der Waals surface area contributed by atoms with E-state index in [4.69, 9.17) is 11.3 Å². The molecule has 1 N–H and O–H groups in total. The Morgan fingerprint density at radius 1 is 0.875 bits per heavy atom. The van der Waals surface area contributed by atoms with Crippen molar-refractivity contribution in [3.63, 3.8) is 0 Å². The molecule has 0 bridgehead atoms. The minimum atomic E-state index is -0.0566. The molecule has 3 rings (SSSR count). The largest absolute Gasteiger partial charge is 0.467 e. The number of allylic oxidation sites excluding steroid dienone is 5. The highest BCUT2D eigenvalue weighted by Gasteiger charge is 2.27. The van der Waals surface area contributed by atoms with Crippen LogP contribution in [0.5, 0.6) is 0 Å². The number of rotatable bonds is 16. The van der Waals surface area contributed by atoms with Gasteiger partial charge < -0.3 is 19.9 Å². The average Bonchev–Trinajstić information content (AvgIpc) is 3.03. The molecule has 2 atom stereocenters.